The Kier molecular flexibility index (Phi) is 3.90. The molecule has 1 heterocycles. The van der Waals surface area contributed by atoms with Crippen LogP contribution in [0.3, 0.4) is 0 Å². The topological polar surface area (TPSA) is 32.3 Å². The first kappa shape index (κ1) is 9.03. The number of likely N-dealkylation sites (N-methyl/N-ethyl adjacent to an activating group) is 1. The molecule has 0 radical (unpaired) electrons. The average molecular weight is 176 g/mol. The monoisotopic (exact) mass is 176 g/mol. The molecule has 66 valence electrons. The number of thiol groups is 1. The third-order valence-corrected chi connectivity index (χ3v) is 3.56. The summed E-state index contributed by atoms with van der Waals surface area (Å²) in [6, 6.07) is 0. The summed E-state index contributed by atoms with van der Waals surface area (Å²) in [6.45, 7) is 3.15. The van der Waals surface area contributed by atoms with Crippen molar-refractivity contribution in [1.29, 1.82) is 0 Å². The van der Waals surface area contributed by atoms with Crippen molar-refractivity contribution in [1.82, 2.24) is 9.62 Å². The first-order valence-electron chi connectivity index (χ1n) is 3.97. The number of carbonyl (C=O) groups is 1. The molecule has 0 aromatic rings. The van der Waals surface area contributed by atoms with E-state index in [1.165, 1.54) is 0 Å². The molecular formula is C7H16N2OS. The molecule has 1 aliphatic heterocycles. The standard InChI is InChI=1S/C7H16N2OS/c1-9-4-2-6-11(7-10)8-3-5-9/h7-8,11H,2-6H2,1H3. The summed E-state index contributed by atoms with van der Waals surface area (Å²) in [6.07, 6.45) is 1.15. The van der Waals surface area contributed by atoms with Crippen LogP contribution in [0.1, 0.15) is 6.42 Å². The molecule has 11 heavy (non-hydrogen) atoms. The fourth-order valence-electron chi connectivity index (χ4n) is 1.18. The van der Waals surface area contributed by atoms with Crippen LogP contribution in [-0.2, 0) is 4.79 Å². The largest absolute Gasteiger partial charge is 0.305 e. The molecular weight excluding hydrogens is 160 g/mol. The van der Waals surface area contributed by atoms with E-state index in [1.807, 2.05) is 0 Å². The van der Waals surface area contributed by atoms with Gasteiger partial charge in [-0.15, -0.1) is 11.1 Å². The van der Waals surface area contributed by atoms with Gasteiger partial charge >= 0.3 is 0 Å². The number of rotatable bonds is 1. The molecule has 0 spiro atoms. The van der Waals surface area contributed by atoms with E-state index in [2.05, 4.69) is 16.7 Å². The minimum Gasteiger partial charge on any atom is -0.305 e. The summed E-state index contributed by atoms with van der Waals surface area (Å²) < 4.78 is 3.26. The van der Waals surface area contributed by atoms with Crippen molar-refractivity contribution in [3.05, 3.63) is 0 Å². The van der Waals surface area contributed by atoms with Crippen LogP contribution in [0.4, 0.5) is 0 Å². The van der Waals surface area contributed by atoms with Crippen LogP contribution in [0.5, 0.6) is 0 Å². The molecule has 1 atom stereocenters. The van der Waals surface area contributed by atoms with Crippen molar-refractivity contribution in [3.63, 3.8) is 0 Å². The van der Waals surface area contributed by atoms with E-state index in [4.69, 9.17) is 0 Å². The molecule has 4 heteroatoms. The summed E-state index contributed by atoms with van der Waals surface area (Å²) in [4.78, 5) is 12.8. The van der Waals surface area contributed by atoms with Gasteiger partial charge < -0.3 is 4.90 Å². The normalized spacial score (nSPS) is 32.3. The molecule has 0 bridgehead atoms. The van der Waals surface area contributed by atoms with Crippen molar-refractivity contribution in [2.75, 3.05) is 32.4 Å². The number of hydrogen-bond acceptors (Lipinski definition) is 3. The first-order valence-corrected chi connectivity index (χ1v) is 5.56. The maximum Gasteiger partial charge on any atom is 0.168 e. The van der Waals surface area contributed by atoms with Crippen LogP contribution < -0.4 is 4.72 Å². The second-order valence-electron chi connectivity index (χ2n) is 2.86. The quantitative estimate of drug-likeness (QED) is 0.436. The molecule has 0 aromatic carbocycles. The lowest BCUT2D eigenvalue weighted by Gasteiger charge is -2.25. The Hall–Kier alpha value is -0.0600. The van der Waals surface area contributed by atoms with E-state index in [0.717, 1.165) is 37.4 Å². The van der Waals surface area contributed by atoms with Crippen LogP contribution in [0, 0.1) is 0 Å². The lowest BCUT2D eigenvalue weighted by Crippen LogP contribution is -2.32. The highest BCUT2D eigenvalue weighted by molar-refractivity contribution is 8.26. The Morgan fingerprint density at radius 3 is 3.09 bits per heavy atom. The van der Waals surface area contributed by atoms with Crippen molar-refractivity contribution in [3.8, 4) is 0 Å². The second kappa shape index (κ2) is 4.74. The van der Waals surface area contributed by atoms with E-state index >= 15 is 0 Å². The first-order chi connectivity index (χ1) is 5.33. The molecule has 1 unspecified atom stereocenters. The highest BCUT2D eigenvalue weighted by Crippen LogP contribution is 2.17. The highest BCUT2D eigenvalue weighted by Gasteiger charge is 2.07. The second-order valence-corrected chi connectivity index (χ2v) is 4.78. The van der Waals surface area contributed by atoms with Gasteiger partial charge in [0.1, 0.15) is 0 Å². The zero-order valence-corrected chi connectivity index (χ0v) is 7.81. The molecule has 0 aromatic heterocycles. The lowest BCUT2D eigenvalue weighted by molar-refractivity contribution is 0.338. The zero-order valence-electron chi connectivity index (χ0n) is 6.92. The minimum absolute atomic E-state index is 0.489. The molecule has 1 rings (SSSR count). The van der Waals surface area contributed by atoms with E-state index in [9.17, 15) is 4.79 Å². The Balaban J connectivity index is 2.28. The molecule has 0 saturated carbocycles. The summed E-state index contributed by atoms with van der Waals surface area (Å²) in [5.41, 5.74) is 1.08. The Morgan fingerprint density at radius 2 is 2.36 bits per heavy atom. The average Bonchev–Trinajstić information content (AvgIpc) is 1.96. The predicted molar refractivity (Wildman–Crippen MR) is 50.7 cm³/mol. The third-order valence-electron chi connectivity index (χ3n) is 1.87. The van der Waals surface area contributed by atoms with Crippen LogP contribution >= 0.6 is 11.1 Å². The number of nitrogens with zero attached hydrogens (tertiary/aromatic N) is 1. The van der Waals surface area contributed by atoms with Gasteiger partial charge in [0.2, 0.25) is 0 Å². The molecule has 0 amide bonds. The molecule has 1 N–H and O–H groups in total. The van der Waals surface area contributed by atoms with Gasteiger partial charge in [0, 0.05) is 13.1 Å². The fraction of sp³-hybridized carbons (Fsp3) is 0.857. The summed E-state index contributed by atoms with van der Waals surface area (Å²) >= 11 is -0.489. The van der Waals surface area contributed by atoms with Crippen LogP contribution in [-0.4, -0.2) is 43.0 Å². The van der Waals surface area contributed by atoms with Crippen molar-refractivity contribution >= 4 is 16.7 Å². The Bertz CT molecular complexity index is 122. The van der Waals surface area contributed by atoms with Gasteiger partial charge in [0.05, 0.1) is 0 Å². The summed E-state index contributed by atoms with van der Waals surface area (Å²) in [5, 5.41) is 0. The van der Waals surface area contributed by atoms with E-state index < -0.39 is 11.1 Å². The van der Waals surface area contributed by atoms with Gasteiger partial charge in [-0.25, -0.2) is 0 Å². The molecule has 1 saturated heterocycles. The highest BCUT2D eigenvalue weighted by atomic mass is 32.2. The third kappa shape index (κ3) is 3.22. The van der Waals surface area contributed by atoms with Crippen molar-refractivity contribution in [2.45, 2.75) is 6.42 Å². The number of hydrogen-bond donors (Lipinski definition) is 2. The van der Waals surface area contributed by atoms with Gasteiger partial charge in [-0.3, -0.25) is 9.52 Å². The molecule has 3 nitrogen and oxygen atoms in total. The number of nitrogens with one attached hydrogen (secondary N) is 1. The molecule has 0 aliphatic carbocycles. The van der Waals surface area contributed by atoms with Gasteiger partial charge in [0.25, 0.3) is 0 Å². The van der Waals surface area contributed by atoms with E-state index in [0.29, 0.717) is 0 Å². The van der Waals surface area contributed by atoms with Crippen molar-refractivity contribution < 1.29 is 4.79 Å². The van der Waals surface area contributed by atoms with Crippen LogP contribution in [0.15, 0.2) is 0 Å². The lowest BCUT2D eigenvalue weighted by atomic mass is 10.4. The Labute approximate surface area is 70.6 Å². The van der Waals surface area contributed by atoms with Crippen LogP contribution in [0.2, 0.25) is 0 Å². The van der Waals surface area contributed by atoms with Gasteiger partial charge in [-0.1, -0.05) is 0 Å². The maximum absolute atomic E-state index is 10.5. The fourth-order valence-corrected chi connectivity index (χ4v) is 2.38. The number of carbonyl (C=O) groups excluding carboxylic acids is 1. The zero-order chi connectivity index (χ0) is 8.10. The van der Waals surface area contributed by atoms with E-state index in [1.54, 1.807) is 0 Å². The van der Waals surface area contributed by atoms with Gasteiger partial charge in [-0.05, 0) is 25.8 Å². The van der Waals surface area contributed by atoms with Gasteiger partial charge in [-0.2, -0.15) is 0 Å². The van der Waals surface area contributed by atoms with Crippen LogP contribution in [0.25, 0.3) is 0 Å². The molecule has 1 fully saturated rings. The summed E-state index contributed by atoms with van der Waals surface area (Å²) in [5.74, 6) is 1.04. The minimum atomic E-state index is -0.489. The van der Waals surface area contributed by atoms with E-state index in [-0.39, 0.29) is 0 Å². The maximum atomic E-state index is 10.5. The van der Waals surface area contributed by atoms with Crippen molar-refractivity contribution in [2.24, 2.45) is 0 Å². The predicted octanol–water partition coefficient (Wildman–Crippen LogP) is 0.0179. The SMILES string of the molecule is CN1CCC[SH](C=O)NCC1. The Morgan fingerprint density at radius 1 is 1.55 bits per heavy atom. The summed E-state index contributed by atoms with van der Waals surface area (Å²) in [7, 11) is 2.12. The smallest absolute Gasteiger partial charge is 0.168 e. The molecule has 1 aliphatic rings. The van der Waals surface area contributed by atoms with Gasteiger partial charge in [0.15, 0.2) is 5.62 Å².